The van der Waals surface area contributed by atoms with E-state index in [1.807, 2.05) is 7.05 Å². The molecule has 20 heavy (non-hydrogen) atoms. The molecular formula is C13H21N5O2. The van der Waals surface area contributed by atoms with Crippen LogP contribution in [0.1, 0.15) is 27.9 Å². The maximum atomic E-state index is 11.7. The number of rotatable bonds is 2. The second-order valence-corrected chi connectivity index (χ2v) is 5.18. The van der Waals surface area contributed by atoms with Crippen LogP contribution in [0.5, 0.6) is 0 Å². The number of nitrogen functional groups attached to an aromatic ring is 1. The first-order valence-electron chi connectivity index (χ1n) is 6.55. The second kappa shape index (κ2) is 5.72. The zero-order valence-corrected chi connectivity index (χ0v) is 12.4. The van der Waals surface area contributed by atoms with Crippen LogP contribution in [0.2, 0.25) is 0 Å². The molecule has 7 heteroatoms. The van der Waals surface area contributed by atoms with Crippen LogP contribution in [-0.2, 0) is 4.74 Å². The summed E-state index contributed by atoms with van der Waals surface area (Å²) in [6.07, 6.45) is 0. The van der Waals surface area contributed by atoms with E-state index in [-0.39, 0.29) is 17.4 Å². The summed E-state index contributed by atoms with van der Waals surface area (Å²) in [5.41, 5.74) is 6.71. The quantitative estimate of drug-likeness (QED) is 0.767. The summed E-state index contributed by atoms with van der Waals surface area (Å²) in [6.45, 7) is 4.55. The third kappa shape index (κ3) is 2.73. The van der Waals surface area contributed by atoms with Crippen LogP contribution in [0, 0.1) is 6.92 Å². The number of ether oxygens (including phenoxy) is 1. The Morgan fingerprint density at radius 1 is 1.35 bits per heavy atom. The summed E-state index contributed by atoms with van der Waals surface area (Å²) in [7, 11) is 5.43. The van der Waals surface area contributed by atoms with Gasteiger partial charge in [-0.1, -0.05) is 0 Å². The topological polar surface area (TPSA) is 84.6 Å². The lowest BCUT2D eigenvalue weighted by Gasteiger charge is -2.36. The van der Waals surface area contributed by atoms with E-state index in [1.165, 1.54) is 7.11 Å². The van der Waals surface area contributed by atoms with E-state index in [2.05, 4.69) is 26.8 Å². The van der Waals surface area contributed by atoms with E-state index in [1.54, 1.807) is 6.92 Å². The van der Waals surface area contributed by atoms with Crippen LogP contribution in [0.25, 0.3) is 0 Å². The molecule has 0 spiro atoms. The van der Waals surface area contributed by atoms with Crippen molar-refractivity contribution in [2.45, 2.75) is 13.0 Å². The number of methoxy groups -OCH3 is 1. The molecule has 1 aromatic rings. The molecule has 0 bridgehead atoms. The van der Waals surface area contributed by atoms with Gasteiger partial charge >= 0.3 is 5.97 Å². The van der Waals surface area contributed by atoms with Gasteiger partial charge in [-0.05, 0) is 21.0 Å². The highest BCUT2D eigenvalue weighted by molar-refractivity contribution is 5.95. The molecule has 0 saturated carbocycles. The van der Waals surface area contributed by atoms with Crippen molar-refractivity contribution in [3.05, 3.63) is 17.1 Å². The lowest BCUT2D eigenvalue weighted by molar-refractivity contribution is 0.0599. The number of hydrogen-bond donors (Lipinski definition) is 1. The summed E-state index contributed by atoms with van der Waals surface area (Å²) < 4.78 is 4.70. The van der Waals surface area contributed by atoms with Gasteiger partial charge in [0.1, 0.15) is 17.2 Å². The van der Waals surface area contributed by atoms with Crippen molar-refractivity contribution < 1.29 is 9.53 Å². The van der Waals surface area contributed by atoms with Gasteiger partial charge in [-0.25, -0.2) is 14.8 Å². The monoisotopic (exact) mass is 279 g/mol. The number of piperazine rings is 1. The van der Waals surface area contributed by atoms with E-state index >= 15 is 0 Å². The maximum Gasteiger partial charge on any atom is 0.343 e. The van der Waals surface area contributed by atoms with Crippen LogP contribution >= 0.6 is 0 Å². The predicted octanol–water partition coefficient (Wildman–Crippen LogP) is 0.0721. The molecule has 1 unspecified atom stereocenters. The Balaban J connectivity index is 2.36. The van der Waals surface area contributed by atoms with Gasteiger partial charge in [0.05, 0.1) is 18.8 Å². The number of likely N-dealkylation sites (N-methyl/N-ethyl adjacent to an activating group) is 2. The van der Waals surface area contributed by atoms with Crippen molar-refractivity contribution in [3.63, 3.8) is 0 Å². The van der Waals surface area contributed by atoms with E-state index in [4.69, 9.17) is 10.5 Å². The lowest BCUT2D eigenvalue weighted by Crippen LogP contribution is -2.45. The molecule has 1 aliphatic heterocycles. The van der Waals surface area contributed by atoms with Crippen LogP contribution in [0.3, 0.4) is 0 Å². The van der Waals surface area contributed by atoms with Crippen molar-refractivity contribution in [1.29, 1.82) is 0 Å². The number of aromatic nitrogens is 2. The average molecular weight is 279 g/mol. The summed E-state index contributed by atoms with van der Waals surface area (Å²) >= 11 is 0. The number of esters is 1. The fourth-order valence-corrected chi connectivity index (χ4v) is 2.41. The predicted molar refractivity (Wildman–Crippen MR) is 75.4 cm³/mol. The first kappa shape index (κ1) is 14.7. The molecule has 1 aromatic heterocycles. The Morgan fingerprint density at radius 3 is 2.65 bits per heavy atom. The lowest BCUT2D eigenvalue weighted by atomic mass is 10.1. The molecule has 1 fully saturated rings. The van der Waals surface area contributed by atoms with Gasteiger partial charge in [0.25, 0.3) is 0 Å². The molecular weight excluding hydrogens is 258 g/mol. The number of anilines is 1. The third-order valence-corrected chi connectivity index (χ3v) is 3.67. The summed E-state index contributed by atoms with van der Waals surface area (Å²) in [5.74, 6) is 0.336. The molecule has 0 amide bonds. The molecule has 1 saturated heterocycles. The Morgan fingerprint density at radius 2 is 2.05 bits per heavy atom. The van der Waals surface area contributed by atoms with Crippen LogP contribution in [0.4, 0.5) is 5.82 Å². The average Bonchev–Trinajstić information content (AvgIpc) is 2.40. The largest absolute Gasteiger partial charge is 0.465 e. The summed E-state index contributed by atoms with van der Waals surface area (Å²) in [4.78, 5) is 24.8. The van der Waals surface area contributed by atoms with Gasteiger partial charge in [-0.2, -0.15) is 0 Å². The van der Waals surface area contributed by atoms with Gasteiger partial charge in [-0.15, -0.1) is 0 Å². The highest BCUT2D eigenvalue weighted by Gasteiger charge is 2.28. The molecule has 110 valence electrons. The van der Waals surface area contributed by atoms with E-state index < -0.39 is 5.97 Å². The van der Waals surface area contributed by atoms with Crippen molar-refractivity contribution in [3.8, 4) is 0 Å². The van der Waals surface area contributed by atoms with Crippen LogP contribution in [-0.4, -0.2) is 66.6 Å². The second-order valence-electron chi connectivity index (χ2n) is 5.18. The number of carbonyl (C=O) groups excluding carboxylic acids is 1. The van der Waals surface area contributed by atoms with Crippen molar-refractivity contribution in [1.82, 2.24) is 19.8 Å². The Labute approximate surface area is 118 Å². The normalized spacial score (nSPS) is 20.9. The summed E-state index contributed by atoms with van der Waals surface area (Å²) in [6, 6.07) is 0.0847. The maximum absolute atomic E-state index is 11.7. The highest BCUT2D eigenvalue weighted by Crippen LogP contribution is 2.23. The van der Waals surface area contributed by atoms with Crippen molar-refractivity contribution >= 4 is 11.8 Å². The minimum atomic E-state index is -0.499. The fraction of sp³-hybridized carbons (Fsp3) is 0.615. The number of hydrogen-bond acceptors (Lipinski definition) is 7. The molecule has 2 N–H and O–H groups in total. The van der Waals surface area contributed by atoms with E-state index in [9.17, 15) is 4.79 Å². The SMILES string of the molecule is COC(=O)c1c(C)nc(C2CN(C)CCN2C)nc1N. The Kier molecular flexibility index (Phi) is 4.20. The molecule has 2 rings (SSSR count). The number of nitrogens with zero attached hydrogens (tertiary/aromatic N) is 4. The first-order valence-corrected chi connectivity index (χ1v) is 6.55. The Hall–Kier alpha value is -1.73. The summed E-state index contributed by atoms with van der Waals surface area (Å²) in [5, 5.41) is 0. The minimum Gasteiger partial charge on any atom is -0.465 e. The van der Waals surface area contributed by atoms with Gasteiger partial charge in [0.2, 0.25) is 0 Å². The number of aryl methyl sites for hydroxylation is 1. The molecule has 0 aromatic carbocycles. The molecule has 1 atom stereocenters. The van der Waals surface area contributed by atoms with Gasteiger partial charge in [0.15, 0.2) is 0 Å². The van der Waals surface area contributed by atoms with Gasteiger partial charge < -0.3 is 15.4 Å². The van der Waals surface area contributed by atoms with Gasteiger partial charge in [0, 0.05) is 19.6 Å². The van der Waals surface area contributed by atoms with Crippen LogP contribution in [0.15, 0.2) is 0 Å². The van der Waals surface area contributed by atoms with Crippen LogP contribution < -0.4 is 5.73 Å². The molecule has 0 radical (unpaired) electrons. The minimum absolute atomic E-state index is 0.0847. The highest BCUT2D eigenvalue weighted by atomic mass is 16.5. The van der Waals surface area contributed by atoms with E-state index in [0.29, 0.717) is 11.5 Å². The van der Waals surface area contributed by atoms with Crippen molar-refractivity contribution in [2.75, 3.05) is 46.6 Å². The molecule has 2 heterocycles. The number of nitrogens with two attached hydrogens (primary N) is 1. The zero-order chi connectivity index (χ0) is 14.9. The fourth-order valence-electron chi connectivity index (χ4n) is 2.41. The van der Waals surface area contributed by atoms with Gasteiger partial charge in [-0.3, -0.25) is 4.90 Å². The molecule has 7 nitrogen and oxygen atoms in total. The molecule has 1 aliphatic rings. The standard InChI is InChI=1S/C13H21N5O2/c1-8-10(13(19)20-4)11(14)16-12(15-8)9-7-17(2)5-6-18(9)3/h9H,5-7H2,1-4H3,(H2,14,15,16). The zero-order valence-electron chi connectivity index (χ0n) is 12.4. The third-order valence-electron chi connectivity index (χ3n) is 3.67. The molecule has 0 aliphatic carbocycles. The smallest absolute Gasteiger partial charge is 0.343 e. The first-order chi connectivity index (χ1) is 9.43. The number of carbonyl (C=O) groups is 1. The Bertz CT molecular complexity index is 496. The van der Waals surface area contributed by atoms with Crippen molar-refractivity contribution in [2.24, 2.45) is 0 Å². The van der Waals surface area contributed by atoms with E-state index in [0.717, 1.165) is 19.6 Å².